The highest BCUT2D eigenvalue weighted by atomic mass is 79.9. The van der Waals surface area contributed by atoms with Crippen molar-refractivity contribution in [2.45, 2.75) is 30.7 Å². The van der Waals surface area contributed by atoms with E-state index in [-0.39, 0.29) is 16.9 Å². The van der Waals surface area contributed by atoms with Crippen molar-refractivity contribution in [3.8, 4) is 0 Å². The summed E-state index contributed by atoms with van der Waals surface area (Å²) in [5, 5.41) is 0. The van der Waals surface area contributed by atoms with Gasteiger partial charge in [0, 0.05) is 0 Å². The lowest BCUT2D eigenvalue weighted by Gasteiger charge is -2.29. The highest BCUT2D eigenvalue weighted by molar-refractivity contribution is 9.09. The van der Waals surface area contributed by atoms with Crippen LogP contribution in [0.1, 0.15) is 40.5 Å². The second-order valence-electron chi connectivity index (χ2n) is 3.72. The van der Waals surface area contributed by atoms with Crippen molar-refractivity contribution in [1.82, 2.24) is 0 Å². The first-order valence-electron chi connectivity index (χ1n) is 5.18. The number of carbonyl (C=O) groups is 1. The van der Waals surface area contributed by atoms with E-state index >= 15 is 0 Å². The van der Waals surface area contributed by atoms with Crippen molar-refractivity contribution in [1.29, 1.82) is 0 Å². The van der Waals surface area contributed by atoms with Crippen LogP contribution in [0.5, 0.6) is 0 Å². The third-order valence-corrected chi connectivity index (χ3v) is 3.72. The van der Waals surface area contributed by atoms with Gasteiger partial charge in [-0.15, -0.1) is 0 Å². The summed E-state index contributed by atoms with van der Waals surface area (Å²) in [7, 11) is 0. The molecular weight excluding hydrogens is 256 g/mol. The highest BCUT2D eigenvalue weighted by Gasteiger charge is 2.32. The summed E-state index contributed by atoms with van der Waals surface area (Å²) in [5.41, 5.74) is 1.74. The maximum atomic E-state index is 11.7. The van der Waals surface area contributed by atoms with Gasteiger partial charge in [0.15, 0.2) is 0 Å². The number of cyclic esters (lactones) is 1. The van der Waals surface area contributed by atoms with Crippen LogP contribution in [0.4, 0.5) is 0 Å². The quantitative estimate of drug-likeness (QED) is 0.607. The van der Waals surface area contributed by atoms with Crippen LogP contribution in [0.2, 0.25) is 0 Å². The standard InChI is InChI=1S/C12H13BrO2/c1-2-5-10-11(13)8-6-3-4-7-9(8)12(14)15-10/h3-4,6-7,10-11H,2,5H2,1H3/t10-,11+/m0/s1. The number of alkyl halides is 1. The van der Waals surface area contributed by atoms with Gasteiger partial charge in [-0.05, 0) is 18.1 Å². The van der Waals surface area contributed by atoms with Gasteiger partial charge in [0.25, 0.3) is 0 Å². The molecule has 0 N–H and O–H groups in total. The van der Waals surface area contributed by atoms with E-state index in [1.54, 1.807) is 0 Å². The smallest absolute Gasteiger partial charge is 0.338 e. The van der Waals surface area contributed by atoms with Gasteiger partial charge in [-0.2, -0.15) is 0 Å². The largest absolute Gasteiger partial charge is 0.457 e. The predicted molar refractivity (Wildman–Crippen MR) is 62.2 cm³/mol. The van der Waals surface area contributed by atoms with E-state index in [0.717, 1.165) is 18.4 Å². The molecule has 0 amide bonds. The lowest BCUT2D eigenvalue weighted by Crippen LogP contribution is -2.29. The van der Waals surface area contributed by atoms with Crippen LogP contribution >= 0.6 is 15.9 Å². The topological polar surface area (TPSA) is 26.3 Å². The molecule has 2 atom stereocenters. The molecule has 1 heterocycles. The number of fused-ring (bicyclic) bond motifs is 1. The average molecular weight is 269 g/mol. The molecule has 0 saturated carbocycles. The summed E-state index contributed by atoms with van der Waals surface area (Å²) in [4.78, 5) is 11.8. The Morgan fingerprint density at radius 1 is 1.40 bits per heavy atom. The summed E-state index contributed by atoms with van der Waals surface area (Å²) in [6.45, 7) is 2.09. The molecule has 2 rings (SSSR count). The first-order valence-corrected chi connectivity index (χ1v) is 6.09. The van der Waals surface area contributed by atoms with E-state index in [1.807, 2.05) is 24.3 Å². The van der Waals surface area contributed by atoms with Crippen LogP contribution in [-0.4, -0.2) is 12.1 Å². The zero-order chi connectivity index (χ0) is 10.8. The Labute approximate surface area is 97.8 Å². The van der Waals surface area contributed by atoms with Gasteiger partial charge in [0.2, 0.25) is 0 Å². The number of hydrogen-bond donors (Lipinski definition) is 0. The van der Waals surface area contributed by atoms with Crippen LogP contribution in [0.25, 0.3) is 0 Å². The Morgan fingerprint density at radius 3 is 2.87 bits per heavy atom. The second kappa shape index (κ2) is 4.35. The van der Waals surface area contributed by atoms with E-state index < -0.39 is 0 Å². The minimum absolute atomic E-state index is 0.0302. The van der Waals surface area contributed by atoms with Crippen molar-refractivity contribution in [2.24, 2.45) is 0 Å². The highest BCUT2D eigenvalue weighted by Crippen LogP contribution is 2.37. The Kier molecular flexibility index (Phi) is 3.10. The summed E-state index contributed by atoms with van der Waals surface area (Å²) < 4.78 is 5.38. The van der Waals surface area contributed by atoms with Crippen LogP contribution in [0, 0.1) is 0 Å². The molecule has 1 aliphatic heterocycles. The molecule has 1 aromatic carbocycles. The molecule has 80 valence electrons. The van der Waals surface area contributed by atoms with Gasteiger partial charge in [-0.25, -0.2) is 4.79 Å². The molecule has 2 nitrogen and oxygen atoms in total. The Hall–Kier alpha value is -0.830. The molecule has 0 aliphatic carbocycles. The SMILES string of the molecule is CCC[C@@H]1OC(=O)c2ccccc2[C@H]1Br. The van der Waals surface area contributed by atoms with Crippen LogP contribution in [0.3, 0.4) is 0 Å². The molecular formula is C12H13BrO2. The average Bonchev–Trinajstić information content (AvgIpc) is 2.26. The lowest BCUT2D eigenvalue weighted by atomic mass is 9.96. The van der Waals surface area contributed by atoms with Crippen LogP contribution in [-0.2, 0) is 4.74 Å². The zero-order valence-electron chi connectivity index (χ0n) is 8.57. The maximum Gasteiger partial charge on any atom is 0.338 e. The minimum Gasteiger partial charge on any atom is -0.457 e. The van der Waals surface area contributed by atoms with E-state index in [9.17, 15) is 4.79 Å². The molecule has 0 unspecified atom stereocenters. The lowest BCUT2D eigenvalue weighted by molar-refractivity contribution is 0.0233. The number of ether oxygens (including phenoxy) is 1. The van der Waals surface area contributed by atoms with Crippen LogP contribution < -0.4 is 0 Å². The Balaban J connectivity index is 2.35. The number of rotatable bonds is 2. The zero-order valence-corrected chi connectivity index (χ0v) is 10.2. The summed E-state index contributed by atoms with van der Waals surface area (Å²) in [6, 6.07) is 7.61. The molecule has 1 aromatic rings. The molecule has 0 saturated heterocycles. The van der Waals surface area contributed by atoms with Crippen LogP contribution in [0.15, 0.2) is 24.3 Å². The molecule has 3 heteroatoms. The number of halogens is 1. The summed E-state index contributed by atoms with van der Waals surface area (Å²) >= 11 is 3.60. The van der Waals surface area contributed by atoms with Gasteiger partial charge in [0.1, 0.15) is 6.10 Å². The minimum atomic E-state index is -0.195. The fourth-order valence-corrected chi connectivity index (χ4v) is 2.65. The normalized spacial score (nSPS) is 24.5. The number of benzene rings is 1. The van der Waals surface area contributed by atoms with Crippen molar-refractivity contribution in [3.05, 3.63) is 35.4 Å². The fourth-order valence-electron chi connectivity index (χ4n) is 1.87. The molecule has 0 spiro atoms. The first kappa shape index (κ1) is 10.7. The van der Waals surface area contributed by atoms with E-state index in [1.165, 1.54) is 0 Å². The number of hydrogen-bond acceptors (Lipinski definition) is 2. The third-order valence-electron chi connectivity index (χ3n) is 2.64. The van der Waals surface area contributed by atoms with Crippen molar-refractivity contribution < 1.29 is 9.53 Å². The van der Waals surface area contributed by atoms with E-state index in [2.05, 4.69) is 22.9 Å². The van der Waals surface area contributed by atoms with Gasteiger partial charge in [0.05, 0.1) is 10.4 Å². The van der Waals surface area contributed by atoms with Gasteiger partial charge in [-0.3, -0.25) is 0 Å². The molecule has 0 fully saturated rings. The number of carbonyl (C=O) groups excluding carboxylic acids is 1. The molecule has 0 bridgehead atoms. The predicted octanol–water partition coefficient (Wildman–Crippen LogP) is 3.46. The molecule has 0 radical (unpaired) electrons. The Bertz CT molecular complexity index is 376. The number of esters is 1. The van der Waals surface area contributed by atoms with E-state index in [0.29, 0.717) is 5.56 Å². The Morgan fingerprint density at radius 2 is 2.13 bits per heavy atom. The molecule has 0 aromatic heterocycles. The third kappa shape index (κ3) is 1.93. The van der Waals surface area contributed by atoms with Gasteiger partial charge < -0.3 is 4.74 Å². The second-order valence-corrected chi connectivity index (χ2v) is 4.71. The van der Waals surface area contributed by atoms with Crippen molar-refractivity contribution in [3.63, 3.8) is 0 Å². The van der Waals surface area contributed by atoms with Crippen molar-refractivity contribution >= 4 is 21.9 Å². The maximum absolute atomic E-state index is 11.7. The summed E-state index contributed by atoms with van der Waals surface area (Å²) in [5.74, 6) is -0.195. The monoisotopic (exact) mass is 268 g/mol. The van der Waals surface area contributed by atoms with E-state index in [4.69, 9.17) is 4.74 Å². The van der Waals surface area contributed by atoms with Gasteiger partial charge >= 0.3 is 5.97 Å². The molecule has 15 heavy (non-hydrogen) atoms. The fraction of sp³-hybridized carbons (Fsp3) is 0.417. The first-order chi connectivity index (χ1) is 7.24. The van der Waals surface area contributed by atoms with Crippen molar-refractivity contribution in [2.75, 3.05) is 0 Å². The molecule has 1 aliphatic rings. The van der Waals surface area contributed by atoms with Gasteiger partial charge in [-0.1, -0.05) is 47.5 Å². The summed E-state index contributed by atoms with van der Waals surface area (Å²) in [6.07, 6.45) is 1.88.